The number of para-hydroxylation sites is 1. The predicted octanol–water partition coefficient (Wildman–Crippen LogP) is 3.11. The standard InChI is InChI=1S/C22H23N5O3S2/c1-2-9-27-20(29)19-17(8-14-31-19)24-22(27)32-15-18(28)25-10-12-26(13-11-25)21(30)23-16-6-4-3-5-7-16/h2-8,14H,1,9-13,15H2,(H,23,30). The van der Waals surface area contributed by atoms with Crippen molar-refractivity contribution in [3.8, 4) is 0 Å². The summed E-state index contributed by atoms with van der Waals surface area (Å²) in [7, 11) is 0. The molecule has 0 atom stereocenters. The van der Waals surface area contributed by atoms with Crippen LogP contribution in [0.2, 0.25) is 0 Å². The Balaban J connectivity index is 1.34. The van der Waals surface area contributed by atoms with Crippen molar-refractivity contribution < 1.29 is 9.59 Å². The molecule has 2 aromatic heterocycles. The minimum absolute atomic E-state index is 0.0389. The van der Waals surface area contributed by atoms with Gasteiger partial charge in [-0.3, -0.25) is 14.2 Å². The number of nitrogens with zero attached hydrogens (tertiary/aromatic N) is 4. The lowest BCUT2D eigenvalue weighted by molar-refractivity contribution is -0.129. The molecule has 1 N–H and O–H groups in total. The smallest absolute Gasteiger partial charge is 0.321 e. The number of benzene rings is 1. The van der Waals surface area contributed by atoms with Gasteiger partial charge in [0.1, 0.15) is 4.70 Å². The minimum atomic E-state index is -0.167. The number of amides is 3. The van der Waals surface area contributed by atoms with E-state index in [9.17, 15) is 14.4 Å². The second-order valence-electron chi connectivity index (χ2n) is 7.19. The number of hydrogen-bond acceptors (Lipinski definition) is 6. The first-order valence-electron chi connectivity index (χ1n) is 10.2. The van der Waals surface area contributed by atoms with Gasteiger partial charge in [-0.15, -0.1) is 17.9 Å². The summed E-state index contributed by atoms with van der Waals surface area (Å²) in [4.78, 5) is 45.9. The van der Waals surface area contributed by atoms with E-state index in [4.69, 9.17) is 0 Å². The second kappa shape index (κ2) is 10.0. The zero-order valence-corrected chi connectivity index (χ0v) is 19.0. The van der Waals surface area contributed by atoms with E-state index in [0.717, 1.165) is 5.69 Å². The molecule has 0 aliphatic carbocycles. The number of thiophene rings is 1. The first-order chi connectivity index (χ1) is 15.6. The van der Waals surface area contributed by atoms with Crippen LogP contribution < -0.4 is 10.9 Å². The van der Waals surface area contributed by atoms with E-state index in [1.165, 1.54) is 23.1 Å². The lowest BCUT2D eigenvalue weighted by Gasteiger charge is -2.34. The summed E-state index contributed by atoms with van der Waals surface area (Å²) >= 11 is 2.62. The zero-order chi connectivity index (χ0) is 22.5. The number of nitrogens with one attached hydrogen (secondary N) is 1. The number of hydrogen-bond donors (Lipinski definition) is 1. The fourth-order valence-corrected chi connectivity index (χ4v) is 5.11. The molecule has 3 amide bonds. The molecule has 1 saturated heterocycles. The maximum absolute atomic E-state index is 12.8. The van der Waals surface area contributed by atoms with Gasteiger partial charge in [-0.2, -0.15) is 0 Å². The van der Waals surface area contributed by atoms with Crippen LogP contribution in [0.5, 0.6) is 0 Å². The first kappa shape index (κ1) is 22.1. The van der Waals surface area contributed by atoms with E-state index in [0.29, 0.717) is 48.1 Å². The zero-order valence-electron chi connectivity index (χ0n) is 17.4. The summed E-state index contributed by atoms with van der Waals surface area (Å²) in [6, 6.07) is 10.9. The molecule has 0 radical (unpaired) electrons. The molecule has 8 nitrogen and oxygen atoms in total. The lowest BCUT2D eigenvalue weighted by Crippen LogP contribution is -2.52. The largest absolute Gasteiger partial charge is 0.338 e. The number of allylic oxidation sites excluding steroid dienone is 1. The number of anilines is 1. The maximum atomic E-state index is 12.8. The van der Waals surface area contributed by atoms with Gasteiger partial charge >= 0.3 is 6.03 Å². The van der Waals surface area contributed by atoms with Gasteiger partial charge in [-0.25, -0.2) is 9.78 Å². The summed E-state index contributed by atoms with van der Waals surface area (Å²) in [6.07, 6.45) is 1.65. The molecule has 0 saturated carbocycles. The second-order valence-corrected chi connectivity index (χ2v) is 9.05. The van der Waals surface area contributed by atoms with E-state index in [2.05, 4.69) is 16.9 Å². The average molecular weight is 470 g/mol. The van der Waals surface area contributed by atoms with Gasteiger partial charge in [0, 0.05) is 38.4 Å². The molecule has 4 rings (SSSR count). The van der Waals surface area contributed by atoms with Gasteiger partial charge in [-0.05, 0) is 23.6 Å². The van der Waals surface area contributed by atoms with Gasteiger partial charge in [0.05, 0.1) is 11.3 Å². The highest BCUT2D eigenvalue weighted by Crippen LogP contribution is 2.21. The van der Waals surface area contributed by atoms with E-state index in [-0.39, 0.29) is 23.3 Å². The summed E-state index contributed by atoms with van der Waals surface area (Å²) in [6.45, 7) is 5.93. The van der Waals surface area contributed by atoms with Gasteiger partial charge in [0.25, 0.3) is 5.56 Å². The van der Waals surface area contributed by atoms with E-state index in [1.807, 2.05) is 41.8 Å². The van der Waals surface area contributed by atoms with Crippen LogP contribution >= 0.6 is 23.1 Å². The number of urea groups is 1. The number of carbonyl (C=O) groups is 2. The third-order valence-corrected chi connectivity index (χ3v) is 6.96. The molecule has 1 aliphatic heterocycles. The quantitative estimate of drug-likeness (QED) is 0.341. The van der Waals surface area contributed by atoms with Crippen LogP contribution in [0.3, 0.4) is 0 Å². The topological polar surface area (TPSA) is 87.5 Å². The normalized spacial score (nSPS) is 13.9. The summed E-state index contributed by atoms with van der Waals surface area (Å²) in [5, 5.41) is 5.22. The van der Waals surface area contributed by atoms with Crippen molar-refractivity contribution in [1.82, 2.24) is 19.4 Å². The molecule has 3 heterocycles. The van der Waals surface area contributed by atoms with Crippen molar-refractivity contribution in [3.63, 3.8) is 0 Å². The van der Waals surface area contributed by atoms with E-state index in [1.54, 1.807) is 20.4 Å². The van der Waals surface area contributed by atoms with Crippen LogP contribution in [-0.4, -0.2) is 63.2 Å². The molecule has 166 valence electrons. The predicted molar refractivity (Wildman–Crippen MR) is 128 cm³/mol. The van der Waals surface area contributed by atoms with Crippen LogP contribution in [0.15, 0.2) is 64.4 Å². The number of thioether (sulfide) groups is 1. The number of fused-ring (bicyclic) bond motifs is 1. The monoisotopic (exact) mass is 469 g/mol. The van der Waals surface area contributed by atoms with Crippen LogP contribution in [0, 0.1) is 0 Å². The first-order valence-corrected chi connectivity index (χ1v) is 12.0. The highest BCUT2D eigenvalue weighted by Gasteiger charge is 2.24. The Morgan fingerprint density at radius 2 is 1.84 bits per heavy atom. The van der Waals surface area contributed by atoms with Crippen molar-refractivity contribution in [2.24, 2.45) is 0 Å². The van der Waals surface area contributed by atoms with Crippen LogP contribution in [-0.2, 0) is 11.3 Å². The summed E-state index contributed by atoms with van der Waals surface area (Å²) < 4.78 is 2.16. The number of rotatable bonds is 6. The Kier molecular flexibility index (Phi) is 6.91. The molecule has 0 unspecified atom stereocenters. The number of carbonyl (C=O) groups excluding carboxylic acids is 2. The minimum Gasteiger partial charge on any atom is -0.338 e. The molecule has 32 heavy (non-hydrogen) atoms. The van der Waals surface area contributed by atoms with Crippen molar-refractivity contribution >= 4 is 50.9 Å². The van der Waals surface area contributed by atoms with Crippen LogP contribution in [0.1, 0.15) is 0 Å². The highest BCUT2D eigenvalue weighted by molar-refractivity contribution is 7.99. The van der Waals surface area contributed by atoms with Crippen LogP contribution in [0.4, 0.5) is 10.5 Å². The van der Waals surface area contributed by atoms with E-state index < -0.39 is 0 Å². The van der Waals surface area contributed by atoms with Gasteiger partial charge in [0.15, 0.2) is 5.16 Å². The van der Waals surface area contributed by atoms with Crippen molar-refractivity contribution in [1.29, 1.82) is 0 Å². The van der Waals surface area contributed by atoms with Gasteiger partial charge in [0.2, 0.25) is 5.91 Å². The molecule has 0 spiro atoms. The number of piperazine rings is 1. The molecule has 0 bridgehead atoms. The average Bonchev–Trinajstić information content (AvgIpc) is 3.29. The fraction of sp³-hybridized carbons (Fsp3) is 0.273. The molecular weight excluding hydrogens is 446 g/mol. The SMILES string of the molecule is C=CCn1c(SCC(=O)N2CCN(C(=O)Nc3ccccc3)CC2)nc2ccsc2c1=O. The third kappa shape index (κ3) is 4.86. The lowest BCUT2D eigenvalue weighted by atomic mass is 10.3. The van der Waals surface area contributed by atoms with Crippen molar-refractivity contribution in [2.45, 2.75) is 11.7 Å². The Bertz CT molecular complexity index is 1180. The summed E-state index contributed by atoms with van der Waals surface area (Å²) in [5.41, 5.74) is 1.28. The van der Waals surface area contributed by atoms with Gasteiger partial charge in [-0.1, -0.05) is 36.0 Å². The maximum Gasteiger partial charge on any atom is 0.321 e. The molecule has 1 fully saturated rings. The molecule has 1 aliphatic rings. The third-order valence-electron chi connectivity index (χ3n) is 5.11. The Hall–Kier alpha value is -3.11. The molecule has 1 aromatic carbocycles. The van der Waals surface area contributed by atoms with Crippen LogP contribution in [0.25, 0.3) is 10.2 Å². The Morgan fingerprint density at radius 1 is 1.12 bits per heavy atom. The molecular formula is C22H23N5O3S2. The van der Waals surface area contributed by atoms with E-state index >= 15 is 0 Å². The molecule has 10 heteroatoms. The van der Waals surface area contributed by atoms with Crippen molar-refractivity contribution in [3.05, 3.63) is 64.8 Å². The highest BCUT2D eigenvalue weighted by atomic mass is 32.2. The van der Waals surface area contributed by atoms with Crippen molar-refractivity contribution in [2.75, 3.05) is 37.2 Å². The fourth-order valence-electron chi connectivity index (χ4n) is 3.42. The Labute approximate surface area is 193 Å². The van der Waals surface area contributed by atoms with Gasteiger partial charge < -0.3 is 15.1 Å². The number of aromatic nitrogens is 2. The summed E-state index contributed by atoms with van der Waals surface area (Å²) in [5.74, 6) is 0.137. The Morgan fingerprint density at radius 3 is 2.56 bits per heavy atom. The molecule has 3 aromatic rings.